The van der Waals surface area contributed by atoms with Crippen molar-refractivity contribution in [3.05, 3.63) is 42.2 Å². The van der Waals surface area contributed by atoms with Crippen LogP contribution in [-0.2, 0) is 16.0 Å². The van der Waals surface area contributed by atoms with Gasteiger partial charge in [0.15, 0.2) is 0 Å². The lowest BCUT2D eigenvalue weighted by molar-refractivity contribution is 0.502. The number of nitrogens with zero attached hydrogens (tertiary/aromatic N) is 4. The molecule has 0 saturated carbocycles. The van der Waals surface area contributed by atoms with Gasteiger partial charge < -0.3 is 0 Å². The summed E-state index contributed by atoms with van der Waals surface area (Å²) in [6.45, 7) is 0. The Bertz CT molecular complexity index is 638. The molecule has 2 rings (SSSR count). The fraction of sp³-hybridized carbons (Fsp3) is 0.273. The van der Waals surface area contributed by atoms with E-state index in [1.807, 2.05) is 30.3 Å². The summed E-state index contributed by atoms with van der Waals surface area (Å²) in [5.74, 6) is 0.701. The molecule has 0 spiro atoms. The van der Waals surface area contributed by atoms with Gasteiger partial charge in [-0.1, -0.05) is 42.1 Å². The van der Waals surface area contributed by atoms with Gasteiger partial charge in [0.2, 0.25) is 5.16 Å². The van der Waals surface area contributed by atoms with E-state index in [9.17, 15) is 8.42 Å². The monoisotopic (exact) mass is 298 g/mol. The standard InChI is InChI=1S/C11H14N4O2S2/c1-14(2)19(16,17)15-9-12-11(13-15)18-8-10-6-4-3-5-7-10/h3-7,9H,8H2,1-2H3. The molecule has 0 atom stereocenters. The first kappa shape index (κ1) is 14.0. The first-order valence-electron chi connectivity index (χ1n) is 5.51. The van der Waals surface area contributed by atoms with Crippen LogP contribution >= 0.6 is 11.8 Å². The highest BCUT2D eigenvalue weighted by molar-refractivity contribution is 7.98. The number of benzene rings is 1. The van der Waals surface area contributed by atoms with Crippen LogP contribution in [0.5, 0.6) is 0 Å². The van der Waals surface area contributed by atoms with E-state index < -0.39 is 10.2 Å². The highest BCUT2D eigenvalue weighted by atomic mass is 32.2. The van der Waals surface area contributed by atoms with Crippen LogP contribution in [0.1, 0.15) is 5.56 Å². The van der Waals surface area contributed by atoms with Crippen LogP contribution in [-0.4, -0.2) is 41.0 Å². The molecule has 0 aliphatic carbocycles. The van der Waals surface area contributed by atoms with E-state index in [0.29, 0.717) is 10.9 Å². The maximum absolute atomic E-state index is 11.8. The van der Waals surface area contributed by atoms with Crippen LogP contribution in [0.15, 0.2) is 41.8 Å². The van der Waals surface area contributed by atoms with Gasteiger partial charge >= 0.3 is 10.2 Å². The van der Waals surface area contributed by atoms with Crippen molar-refractivity contribution in [1.29, 1.82) is 0 Å². The maximum atomic E-state index is 11.8. The molecule has 1 aromatic carbocycles. The van der Waals surface area contributed by atoms with Crippen molar-refractivity contribution < 1.29 is 8.42 Å². The Hall–Kier alpha value is -1.38. The second kappa shape index (κ2) is 5.72. The minimum Gasteiger partial charge on any atom is -0.209 e. The summed E-state index contributed by atoms with van der Waals surface area (Å²) in [4.78, 5) is 3.99. The summed E-state index contributed by atoms with van der Waals surface area (Å²) >= 11 is 1.40. The van der Waals surface area contributed by atoms with Crippen molar-refractivity contribution in [1.82, 2.24) is 18.5 Å². The fourth-order valence-electron chi connectivity index (χ4n) is 1.30. The molecule has 8 heteroatoms. The lowest BCUT2D eigenvalue weighted by Crippen LogP contribution is -2.29. The molecule has 6 nitrogen and oxygen atoms in total. The van der Waals surface area contributed by atoms with Crippen LogP contribution in [0, 0.1) is 0 Å². The summed E-state index contributed by atoms with van der Waals surface area (Å²) in [6, 6.07) is 9.86. The van der Waals surface area contributed by atoms with Crippen LogP contribution in [0.3, 0.4) is 0 Å². The molecular formula is C11H14N4O2S2. The van der Waals surface area contributed by atoms with E-state index in [0.717, 1.165) is 14.0 Å². The third-order valence-corrected chi connectivity index (χ3v) is 4.85. The van der Waals surface area contributed by atoms with Gasteiger partial charge in [-0.15, -0.1) is 9.19 Å². The first-order chi connectivity index (χ1) is 9.00. The average molecular weight is 298 g/mol. The molecule has 1 aromatic heterocycles. The predicted molar refractivity (Wildman–Crippen MR) is 74.0 cm³/mol. The lowest BCUT2D eigenvalue weighted by atomic mass is 10.2. The minimum atomic E-state index is -3.58. The summed E-state index contributed by atoms with van der Waals surface area (Å²) in [5, 5.41) is 4.40. The Balaban J connectivity index is 2.06. The average Bonchev–Trinajstić information content (AvgIpc) is 2.87. The Morgan fingerprint density at radius 1 is 1.26 bits per heavy atom. The molecule has 0 unspecified atom stereocenters. The summed E-state index contributed by atoms with van der Waals surface area (Å²) in [6.07, 6.45) is 1.21. The SMILES string of the molecule is CN(C)S(=O)(=O)n1cnc(SCc2ccccc2)n1. The summed E-state index contributed by atoms with van der Waals surface area (Å²) in [7, 11) is -0.672. The summed E-state index contributed by atoms with van der Waals surface area (Å²) in [5.41, 5.74) is 1.14. The number of aromatic nitrogens is 3. The van der Waals surface area contributed by atoms with Gasteiger partial charge in [-0.2, -0.15) is 12.7 Å². The smallest absolute Gasteiger partial charge is 0.209 e. The zero-order valence-corrected chi connectivity index (χ0v) is 12.2. The molecule has 19 heavy (non-hydrogen) atoms. The number of thioether (sulfide) groups is 1. The molecule has 0 N–H and O–H groups in total. The van der Waals surface area contributed by atoms with E-state index in [1.54, 1.807) is 0 Å². The summed E-state index contributed by atoms with van der Waals surface area (Å²) < 4.78 is 25.6. The van der Waals surface area contributed by atoms with Crippen LogP contribution in [0.25, 0.3) is 0 Å². The van der Waals surface area contributed by atoms with Crippen LogP contribution < -0.4 is 0 Å². The second-order valence-electron chi connectivity index (χ2n) is 3.96. The number of hydrogen-bond acceptors (Lipinski definition) is 5. The van der Waals surface area contributed by atoms with E-state index in [1.165, 1.54) is 32.2 Å². The Morgan fingerprint density at radius 2 is 1.95 bits per heavy atom. The number of rotatable bonds is 5. The van der Waals surface area contributed by atoms with Crippen LogP contribution in [0.4, 0.5) is 0 Å². The van der Waals surface area contributed by atoms with Crippen molar-refractivity contribution in [2.24, 2.45) is 0 Å². The van der Waals surface area contributed by atoms with Crippen molar-refractivity contribution in [2.45, 2.75) is 10.9 Å². The molecule has 102 valence electrons. The maximum Gasteiger partial charge on any atom is 0.323 e. The van der Waals surface area contributed by atoms with Crippen molar-refractivity contribution in [2.75, 3.05) is 14.1 Å². The van der Waals surface area contributed by atoms with Gasteiger partial charge in [0.05, 0.1) is 0 Å². The number of hydrogen-bond donors (Lipinski definition) is 0. The van der Waals surface area contributed by atoms with Gasteiger partial charge in [0.1, 0.15) is 6.33 Å². The predicted octanol–water partition coefficient (Wildman–Crippen LogP) is 1.22. The fourth-order valence-corrected chi connectivity index (χ4v) is 2.79. The normalized spacial score (nSPS) is 11.9. The van der Waals surface area contributed by atoms with Gasteiger partial charge in [0.25, 0.3) is 0 Å². The molecule has 0 bridgehead atoms. The topological polar surface area (TPSA) is 68.1 Å². The van der Waals surface area contributed by atoms with Crippen molar-refractivity contribution in [3.8, 4) is 0 Å². The largest absolute Gasteiger partial charge is 0.323 e. The first-order valence-corrected chi connectivity index (χ1v) is 7.90. The quantitative estimate of drug-likeness (QED) is 0.777. The van der Waals surface area contributed by atoms with Gasteiger partial charge in [-0.05, 0) is 5.56 Å². The molecule has 0 fully saturated rings. The Morgan fingerprint density at radius 3 is 2.58 bits per heavy atom. The molecule has 0 radical (unpaired) electrons. The van der Waals surface area contributed by atoms with E-state index in [-0.39, 0.29) is 0 Å². The van der Waals surface area contributed by atoms with E-state index in [2.05, 4.69) is 10.1 Å². The molecular weight excluding hydrogens is 284 g/mol. The van der Waals surface area contributed by atoms with Gasteiger partial charge in [-0.3, -0.25) is 0 Å². The Kier molecular flexibility index (Phi) is 4.23. The van der Waals surface area contributed by atoms with E-state index >= 15 is 0 Å². The third-order valence-electron chi connectivity index (χ3n) is 2.36. The third kappa shape index (κ3) is 3.34. The molecule has 0 aliphatic rings. The Labute approximate surface area is 116 Å². The van der Waals surface area contributed by atoms with Crippen molar-refractivity contribution in [3.63, 3.8) is 0 Å². The zero-order chi connectivity index (χ0) is 13.9. The molecule has 0 amide bonds. The van der Waals surface area contributed by atoms with E-state index in [4.69, 9.17) is 0 Å². The van der Waals surface area contributed by atoms with Crippen LogP contribution in [0.2, 0.25) is 0 Å². The second-order valence-corrected chi connectivity index (χ2v) is 6.91. The lowest BCUT2D eigenvalue weighted by Gasteiger charge is -2.09. The molecule has 2 aromatic rings. The molecule has 0 saturated heterocycles. The minimum absolute atomic E-state index is 0.439. The highest BCUT2D eigenvalue weighted by Gasteiger charge is 2.18. The van der Waals surface area contributed by atoms with Gasteiger partial charge in [-0.25, -0.2) is 4.98 Å². The van der Waals surface area contributed by atoms with Crippen molar-refractivity contribution >= 4 is 22.0 Å². The molecule has 1 heterocycles. The molecule has 0 aliphatic heterocycles. The highest BCUT2D eigenvalue weighted by Crippen LogP contribution is 2.18. The van der Waals surface area contributed by atoms with Gasteiger partial charge in [0, 0.05) is 19.8 Å². The zero-order valence-electron chi connectivity index (χ0n) is 10.6.